The zero-order valence-electron chi connectivity index (χ0n) is 20.0. The molecular formula is C29H42O2. The minimum atomic E-state index is 0.277. The molecule has 170 valence electrons. The van der Waals surface area contributed by atoms with Crippen LogP contribution in [-0.4, -0.2) is 11.6 Å². The molecule has 0 aromatic heterocycles. The largest absolute Gasteiger partial charge is 0.299 e. The Morgan fingerprint density at radius 1 is 0.645 bits per heavy atom. The van der Waals surface area contributed by atoms with Gasteiger partial charge in [0.15, 0.2) is 0 Å². The molecular weight excluding hydrogens is 380 g/mol. The van der Waals surface area contributed by atoms with Crippen molar-refractivity contribution in [3.8, 4) is 0 Å². The molecule has 0 aromatic carbocycles. The quantitative estimate of drug-likeness (QED) is 0.418. The van der Waals surface area contributed by atoms with Crippen molar-refractivity contribution in [1.82, 2.24) is 0 Å². The second kappa shape index (κ2) is 8.31. The van der Waals surface area contributed by atoms with Gasteiger partial charge in [0, 0.05) is 24.7 Å². The predicted octanol–water partition coefficient (Wildman–Crippen LogP) is 6.51. The molecule has 0 N–H and O–H groups in total. The van der Waals surface area contributed by atoms with Crippen LogP contribution in [0, 0.1) is 71.0 Å². The lowest BCUT2D eigenvalue weighted by Gasteiger charge is -2.35. The van der Waals surface area contributed by atoms with E-state index < -0.39 is 0 Å². The van der Waals surface area contributed by atoms with Gasteiger partial charge in [-0.2, -0.15) is 0 Å². The Kier molecular flexibility index (Phi) is 5.80. The third kappa shape index (κ3) is 3.80. The minimum Gasteiger partial charge on any atom is -0.299 e. The summed E-state index contributed by atoms with van der Waals surface area (Å²) in [6.45, 7) is 8.72. The number of carbonyl (C=O) groups is 2. The molecule has 2 heteroatoms. The van der Waals surface area contributed by atoms with Gasteiger partial charge in [-0.3, -0.25) is 9.59 Å². The van der Waals surface area contributed by atoms with E-state index in [2.05, 4.69) is 52.0 Å². The number of hydrogen-bond acceptors (Lipinski definition) is 2. The summed E-state index contributed by atoms with van der Waals surface area (Å²) < 4.78 is 0. The van der Waals surface area contributed by atoms with E-state index in [1.807, 2.05) is 0 Å². The molecule has 0 aromatic rings. The molecule has 0 saturated heterocycles. The Morgan fingerprint density at radius 2 is 1.03 bits per heavy atom. The van der Waals surface area contributed by atoms with Gasteiger partial charge in [0.25, 0.3) is 0 Å². The molecule has 0 amide bonds. The first kappa shape index (κ1) is 21.7. The van der Waals surface area contributed by atoms with Crippen molar-refractivity contribution in [3.63, 3.8) is 0 Å². The van der Waals surface area contributed by atoms with Crippen LogP contribution < -0.4 is 0 Å². The molecule has 2 nitrogen and oxygen atoms in total. The highest BCUT2D eigenvalue weighted by molar-refractivity contribution is 5.83. The Bertz CT molecular complexity index is 710. The topological polar surface area (TPSA) is 34.1 Å². The van der Waals surface area contributed by atoms with Crippen molar-refractivity contribution in [2.45, 2.75) is 72.6 Å². The molecule has 0 spiro atoms. The summed E-state index contributed by atoms with van der Waals surface area (Å²) in [6.07, 6.45) is 17.3. The number of rotatable bonds is 8. The summed E-state index contributed by atoms with van der Waals surface area (Å²) >= 11 is 0. The maximum atomic E-state index is 13.2. The van der Waals surface area contributed by atoms with E-state index in [1.54, 1.807) is 0 Å². The maximum absolute atomic E-state index is 13.2. The third-order valence-electron chi connectivity index (χ3n) is 9.61. The van der Waals surface area contributed by atoms with Crippen molar-refractivity contribution in [1.29, 1.82) is 0 Å². The first-order chi connectivity index (χ1) is 14.8. The number of carbonyl (C=O) groups excluding carboxylic acids is 2. The van der Waals surface area contributed by atoms with Gasteiger partial charge in [0.05, 0.1) is 0 Å². The van der Waals surface area contributed by atoms with Crippen LogP contribution in [0.25, 0.3) is 0 Å². The highest BCUT2D eigenvalue weighted by atomic mass is 16.1. The summed E-state index contributed by atoms with van der Waals surface area (Å²) in [7, 11) is 0. The molecule has 5 aliphatic rings. The summed E-state index contributed by atoms with van der Waals surface area (Å²) in [6, 6.07) is 0. The van der Waals surface area contributed by atoms with Crippen molar-refractivity contribution in [2.24, 2.45) is 71.0 Å². The number of Topliss-reactive ketones (excluding diaryl/α,β-unsaturated/α-hetero) is 2. The molecule has 0 aliphatic heterocycles. The monoisotopic (exact) mass is 422 g/mol. The van der Waals surface area contributed by atoms with Crippen LogP contribution in [0.5, 0.6) is 0 Å². The predicted molar refractivity (Wildman–Crippen MR) is 125 cm³/mol. The summed E-state index contributed by atoms with van der Waals surface area (Å²) in [4.78, 5) is 26.4. The fourth-order valence-corrected chi connectivity index (χ4v) is 8.74. The molecule has 3 fully saturated rings. The van der Waals surface area contributed by atoms with Gasteiger partial charge in [-0.15, -0.1) is 0 Å². The standard InChI is InChI=1S/C29H42O2/c1-16(2)11-24(30)28-22-9-7-20(14-22)26(28)18-5-6-19(13-18)27-21-8-10-23(15-21)29(27)25(31)12-17(3)4/h7-10,16-23,26-29H,5-6,11-15H2,1-4H3/t18?,19?,20-,21+,22+,23-,26+,27?,28?,29+/m0/s1. The van der Waals surface area contributed by atoms with E-state index in [4.69, 9.17) is 0 Å². The SMILES string of the molecule is CC(C)CC(=O)C1[C@H](C2CCC(C3[C@@H]4C=C[C@@H](C4)[C@@H]3C(=O)CC(C)C)C2)[C@H]2C=C[C@@H]1C2. The van der Waals surface area contributed by atoms with Crippen LogP contribution in [0.4, 0.5) is 0 Å². The fourth-order valence-electron chi connectivity index (χ4n) is 8.74. The van der Waals surface area contributed by atoms with Crippen LogP contribution in [-0.2, 0) is 9.59 Å². The molecule has 4 bridgehead atoms. The van der Waals surface area contributed by atoms with Crippen molar-refractivity contribution in [2.75, 3.05) is 0 Å². The van der Waals surface area contributed by atoms with Gasteiger partial charge < -0.3 is 0 Å². The average molecular weight is 423 g/mol. The Morgan fingerprint density at radius 3 is 1.42 bits per heavy atom. The van der Waals surface area contributed by atoms with Crippen LogP contribution in [0.3, 0.4) is 0 Å². The fraction of sp³-hybridized carbons (Fsp3) is 0.793. The lowest BCUT2D eigenvalue weighted by Crippen LogP contribution is -2.34. The van der Waals surface area contributed by atoms with Gasteiger partial charge in [0.1, 0.15) is 11.6 Å². The van der Waals surface area contributed by atoms with Gasteiger partial charge in [-0.1, -0.05) is 52.0 Å². The highest BCUT2D eigenvalue weighted by Gasteiger charge is 2.55. The second-order valence-corrected chi connectivity index (χ2v) is 12.6. The van der Waals surface area contributed by atoms with E-state index >= 15 is 0 Å². The van der Waals surface area contributed by atoms with Gasteiger partial charge in [-0.25, -0.2) is 0 Å². The molecule has 5 aliphatic carbocycles. The summed E-state index contributed by atoms with van der Waals surface area (Å²) in [5.41, 5.74) is 0. The van der Waals surface area contributed by atoms with Crippen molar-refractivity contribution < 1.29 is 9.59 Å². The Balaban J connectivity index is 1.31. The van der Waals surface area contributed by atoms with E-state index in [0.29, 0.717) is 70.7 Å². The first-order valence-corrected chi connectivity index (χ1v) is 13.3. The van der Waals surface area contributed by atoms with Gasteiger partial charge in [0.2, 0.25) is 0 Å². The van der Waals surface area contributed by atoms with E-state index in [0.717, 1.165) is 12.8 Å². The summed E-state index contributed by atoms with van der Waals surface area (Å²) in [5, 5.41) is 0. The first-order valence-electron chi connectivity index (χ1n) is 13.3. The molecule has 31 heavy (non-hydrogen) atoms. The van der Waals surface area contributed by atoms with Crippen LogP contribution in [0.1, 0.15) is 72.6 Å². The van der Waals surface area contributed by atoms with Crippen LogP contribution >= 0.6 is 0 Å². The van der Waals surface area contributed by atoms with E-state index in [1.165, 1.54) is 32.1 Å². The lowest BCUT2D eigenvalue weighted by atomic mass is 9.69. The van der Waals surface area contributed by atoms with E-state index in [9.17, 15) is 9.59 Å². The smallest absolute Gasteiger partial charge is 0.137 e. The van der Waals surface area contributed by atoms with Crippen molar-refractivity contribution >= 4 is 11.6 Å². The highest BCUT2D eigenvalue weighted by Crippen LogP contribution is 2.60. The zero-order valence-corrected chi connectivity index (χ0v) is 20.0. The molecule has 5 rings (SSSR count). The average Bonchev–Trinajstić information content (AvgIpc) is 3.51. The van der Waals surface area contributed by atoms with Crippen LogP contribution in [0.15, 0.2) is 24.3 Å². The Labute approximate surface area is 189 Å². The lowest BCUT2D eigenvalue weighted by molar-refractivity contribution is -0.127. The molecule has 4 unspecified atom stereocenters. The van der Waals surface area contributed by atoms with Crippen molar-refractivity contribution in [3.05, 3.63) is 24.3 Å². The number of fused-ring (bicyclic) bond motifs is 4. The summed E-state index contributed by atoms with van der Waals surface area (Å²) in [5.74, 6) is 7.35. The third-order valence-corrected chi connectivity index (χ3v) is 9.61. The minimum absolute atomic E-state index is 0.277. The molecule has 0 radical (unpaired) electrons. The molecule has 0 heterocycles. The molecule has 3 saturated carbocycles. The maximum Gasteiger partial charge on any atom is 0.137 e. The molecule has 10 atom stereocenters. The number of allylic oxidation sites excluding steroid dienone is 4. The van der Waals surface area contributed by atoms with Gasteiger partial charge >= 0.3 is 0 Å². The van der Waals surface area contributed by atoms with E-state index in [-0.39, 0.29) is 11.8 Å². The number of hydrogen-bond donors (Lipinski definition) is 0. The number of ketones is 2. The normalized spacial score (nSPS) is 45.0. The second-order valence-electron chi connectivity index (χ2n) is 12.6. The van der Waals surface area contributed by atoms with Crippen LogP contribution in [0.2, 0.25) is 0 Å². The van der Waals surface area contributed by atoms with Gasteiger partial charge in [-0.05, 0) is 91.3 Å². The Hall–Kier alpha value is -1.18. The zero-order chi connectivity index (χ0) is 21.9.